The summed E-state index contributed by atoms with van der Waals surface area (Å²) in [6.45, 7) is 6.20. The average molecular weight is 554 g/mol. The lowest BCUT2D eigenvalue weighted by molar-refractivity contribution is -0.151. The number of unbranched alkanes of at least 4 members (excludes halogenated alkanes) is 4. The van der Waals surface area contributed by atoms with Gasteiger partial charge in [0.2, 0.25) is 0 Å². The summed E-state index contributed by atoms with van der Waals surface area (Å²) < 4.78 is 30.8. The van der Waals surface area contributed by atoms with Crippen LogP contribution in [0.4, 0.5) is 9.59 Å². The zero-order chi connectivity index (χ0) is 29.1. The molecule has 0 saturated heterocycles. The maximum atomic E-state index is 12.6. The van der Waals surface area contributed by atoms with Crippen molar-refractivity contribution in [2.75, 3.05) is 26.9 Å². The van der Waals surface area contributed by atoms with Crippen LogP contribution in [0.2, 0.25) is 0 Å². The summed E-state index contributed by atoms with van der Waals surface area (Å²) in [4.78, 5) is 48.9. The maximum Gasteiger partial charge on any atom is 0.513 e. The quantitative estimate of drug-likeness (QED) is 0.110. The fourth-order valence-electron chi connectivity index (χ4n) is 3.43. The van der Waals surface area contributed by atoms with E-state index in [1.54, 1.807) is 6.07 Å². The Morgan fingerprint density at radius 2 is 1.36 bits per heavy atom. The number of hydrogen-bond acceptors (Lipinski definition) is 11. The van der Waals surface area contributed by atoms with E-state index in [-0.39, 0.29) is 50.1 Å². The second-order valence-electron chi connectivity index (χ2n) is 9.14. The van der Waals surface area contributed by atoms with Gasteiger partial charge in [0.25, 0.3) is 0 Å². The van der Waals surface area contributed by atoms with Crippen LogP contribution in [0.1, 0.15) is 84.1 Å². The molecule has 0 aliphatic heterocycles. The molecule has 1 aromatic carbocycles. The molecule has 11 nitrogen and oxygen atoms in total. The maximum absolute atomic E-state index is 12.6. The van der Waals surface area contributed by atoms with Crippen molar-refractivity contribution >= 4 is 24.2 Å². The molecule has 1 atom stereocenters. The number of hydrogen-bond donors (Lipinski definition) is 1. The van der Waals surface area contributed by atoms with E-state index in [0.29, 0.717) is 24.8 Å². The number of esters is 2. The van der Waals surface area contributed by atoms with Gasteiger partial charge in [0.1, 0.15) is 5.54 Å². The molecule has 0 fully saturated rings. The number of methoxy groups -OCH3 is 1. The minimum Gasteiger partial charge on any atom is -0.468 e. The largest absolute Gasteiger partial charge is 0.513 e. The minimum atomic E-state index is -1.54. The van der Waals surface area contributed by atoms with Crippen molar-refractivity contribution in [1.82, 2.24) is 0 Å². The molecule has 0 spiro atoms. The first-order valence-corrected chi connectivity index (χ1v) is 13.5. The number of ether oxygens (including phenoxy) is 6. The smallest absolute Gasteiger partial charge is 0.468 e. The van der Waals surface area contributed by atoms with E-state index < -0.39 is 23.8 Å². The third-order valence-electron chi connectivity index (χ3n) is 5.74. The van der Waals surface area contributed by atoms with Gasteiger partial charge in [-0.2, -0.15) is 0 Å². The van der Waals surface area contributed by atoms with Crippen molar-refractivity contribution in [2.45, 2.75) is 90.5 Å². The molecule has 220 valence electrons. The molecule has 0 bridgehead atoms. The van der Waals surface area contributed by atoms with Gasteiger partial charge in [-0.25, -0.2) is 9.59 Å². The van der Waals surface area contributed by atoms with E-state index in [4.69, 9.17) is 34.2 Å². The van der Waals surface area contributed by atoms with E-state index in [1.165, 1.54) is 19.2 Å². The molecule has 0 saturated carbocycles. The molecule has 0 unspecified atom stereocenters. The molecule has 0 amide bonds. The highest BCUT2D eigenvalue weighted by atomic mass is 16.7. The molecule has 0 aliphatic rings. The predicted octanol–water partition coefficient (Wildman–Crippen LogP) is 5.24. The van der Waals surface area contributed by atoms with Crippen LogP contribution in [0.15, 0.2) is 18.2 Å². The topological polar surface area (TPSA) is 150 Å². The summed E-state index contributed by atoms with van der Waals surface area (Å²) in [6.07, 6.45) is 3.91. The molecule has 0 aliphatic carbocycles. The highest BCUT2D eigenvalue weighted by molar-refractivity contribution is 5.81. The first-order chi connectivity index (χ1) is 18.7. The Bertz CT molecular complexity index is 920. The lowest BCUT2D eigenvalue weighted by Gasteiger charge is -2.26. The number of benzene rings is 1. The van der Waals surface area contributed by atoms with Gasteiger partial charge in [-0.15, -0.1) is 0 Å². The molecule has 11 heteroatoms. The van der Waals surface area contributed by atoms with Gasteiger partial charge < -0.3 is 34.2 Å². The van der Waals surface area contributed by atoms with E-state index in [2.05, 4.69) is 0 Å². The van der Waals surface area contributed by atoms with E-state index in [1.807, 2.05) is 20.8 Å². The Balaban J connectivity index is 3.05. The van der Waals surface area contributed by atoms with Crippen molar-refractivity contribution in [1.29, 1.82) is 0 Å². The molecule has 0 aromatic heterocycles. The van der Waals surface area contributed by atoms with Crippen LogP contribution in [-0.2, 0) is 35.0 Å². The van der Waals surface area contributed by atoms with E-state index in [0.717, 1.165) is 32.1 Å². The molecule has 1 aromatic rings. The zero-order valence-corrected chi connectivity index (χ0v) is 23.6. The Morgan fingerprint density at radius 1 is 0.769 bits per heavy atom. The first-order valence-electron chi connectivity index (χ1n) is 13.5. The molecular formula is C28H43NO10. The fraction of sp³-hybridized carbons (Fsp3) is 0.643. The lowest BCUT2D eigenvalue weighted by Crippen LogP contribution is -2.51. The van der Waals surface area contributed by atoms with Crippen molar-refractivity contribution < 1.29 is 47.6 Å². The van der Waals surface area contributed by atoms with Gasteiger partial charge in [0, 0.05) is 19.3 Å². The molecule has 39 heavy (non-hydrogen) atoms. The van der Waals surface area contributed by atoms with Crippen LogP contribution in [0.25, 0.3) is 0 Å². The van der Waals surface area contributed by atoms with Crippen LogP contribution in [0.3, 0.4) is 0 Å². The van der Waals surface area contributed by atoms with Crippen LogP contribution in [0, 0.1) is 0 Å². The van der Waals surface area contributed by atoms with Gasteiger partial charge in [-0.1, -0.05) is 52.5 Å². The number of carbonyl (C=O) groups is 4. The molecule has 2 N–H and O–H groups in total. The molecule has 0 radical (unpaired) electrons. The van der Waals surface area contributed by atoms with Gasteiger partial charge in [-0.05, 0) is 37.0 Å². The Morgan fingerprint density at radius 3 is 1.92 bits per heavy atom. The number of rotatable bonds is 18. The van der Waals surface area contributed by atoms with E-state index >= 15 is 0 Å². The van der Waals surface area contributed by atoms with Crippen LogP contribution in [0.5, 0.6) is 11.5 Å². The highest BCUT2D eigenvalue weighted by Crippen LogP contribution is 2.31. The monoisotopic (exact) mass is 553 g/mol. The third kappa shape index (κ3) is 13.3. The van der Waals surface area contributed by atoms with Gasteiger partial charge >= 0.3 is 24.2 Å². The molecule has 0 heterocycles. The van der Waals surface area contributed by atoms with Crippen LogP contribution in [-0.4, -0.2) is 56.7 Å². The van der Waals surface area contributed by atoms with Crippen molar-refractivity contribution in [3.63, 3.8) is 0 Å². The first kappa shape index (κ1) is 33.7. The standard InChI is InChI=1S/C28H43NO10/c1-5-8-11-12-24(30)35-18-15-28(29,25(31)34-4)20-21-13-14-22(38-26(32)36-16-9-6-2)23(19-21)39-27(33)37-17-10-7-3/h13-14,19H,5-12,15-18,20,29H2,1-4H3/t28-/m1/s1. The molecule has 1 rings (SSSR count). The summed E-state index contributed by atoms with van der Waals surface area (Å²) in [5.41, 5.74) is 5.34. The van der Waals surface area contributed by atoms with Crippen molar-refractivity contribution in [2.24, 2.45) is 5.73 Å². The molecular weight excluding hydrogens is 510 g/mol. The number of carbonyl (C=O) groups excluding carboxylic acids is 4. The van der Waals surface area contributed by atoms with Gasteiger partial charge in [0.05, 0.1) is 26.9 Å². The van der Waals surface area contributed by atoms with Crippen LogP contribution >= 0.6 is 0 Å². The predicted molar refractivity (Wildman–Crippen MR) is 143 cm³/mol. The van der Waals surface area contributed by atoms with Crippen molar-refractivity contribution in [3.05, 3.63) is 23.8 Å². The Kier molecular flexibility index (Phi) is 16.3. The summed E-state index contributed by atoms with van der Waals surface area (Å²) >= 11 is 0. The minimum absolute atomic E-state index is 0.00352. The zero-order valence-electron chi connectivity index (χ0n) is 23.6. The Labute approximate surface area is 230 Å². The van der Waals surface area contributed by atoms with Gasteiger partial charge in [0.15, 0.2) is 11.5 Å². The highest BCUT2D eigenvalue weighted by Gasteiger charge is 2.36. The average Bonchev–Trinajstić information content (AvgIpc) is 2.90. The number of nitrogens with two attached hydrogens (primary N) is 1. The summed E-state index contributed by atoms with van der Waals surface area (Å²) in [5, 5.41) is 0. The second-order valence-corrected chi connectivity index (χ2v) is 9.14. The van der Waals surface area contributed by atoms with Crippen LogP contribution < -0.4 is 15.2 Å². The normalized spacial score (nSPS) is 12.1. The Hall–Kier alpha value is -3.34. The summed E-state index contributed by atoms with van der Waals surface area (Å²) in [5.74, 6) is -1.25. The van der Waals surface area contributed by atoms with Crippen molar-refractivity contribution in [3.8, 4) is 11.5 Å². The van der Waals surface area contributed by atoms with E-state index in [9.17, 15) is 19.2 Å². The summed E-state index contributed by atoms with van der Waals surface area (Å²) in [6, 6.07) is 4.37. The lowest BCUT2D eigenvalue weighted by atomic mass is 9.88. The summed E-state index contributed by atoms with van der Waals surface area (Å²) in [7, 11) is 1.21. The second kappa shape index (κ2) is 18.8. The fourth-order valence-corrected chi connectivity index (χ4v) is 3.43. The SMILES string of the molecule is CCCCCC(=O)OCC[C@@](N)(Cc1ccc(OC(=O)OCCCC)c(OC(=O)OCCCC)c1)C(=O)OC. The third-order valence-corrected chi connectivity index (χ3v) is 5.74. The van der Waals surface area contributed by atoms with Gasteiger partial charge in [-0.3, -0.25) is 9.59 Å².